The van der Waals surface area contributed by atoms with E-state index >= 15 is 0 Å². The topological polar surface area (TPSA) is 119 Å². The largest absolute Gasteiger partial charge is 0.392 e. The summed E-state index contributed by atoms with van der Waals surface area (Å²) in [4.78, 5) is 30.3. The van der Waals surface area contributed by atoms with Crippen molar-refractivity contribution in [2.45, 2.75) is 43.2 Å². The highest BCUT2D eigenvalue weighted by Crippen LogP contribution is 2.39. The van der Waals surface area contributed by atoms with Crippen LogP contribution in [0.15, 0.2) is 127 Å². The third kappa shape index (κ3) is 7.58. The Labute approximate surface area is 282 Å². The van der Waals surface area contributed by atoms with E-state index in [-0.39, 0.29) is 30.4 Å². The lowest BCUT2D eigenvalue weighted by atomic mass is 9.99. The van der Waals surface area contributed by atoms with Crippen molar-refractivity contribution in [1.82, 2.24) is 25.3 Å². The van der Waals surface area contributed by atoms with Gasteiger partial charge in [-0.3, -0.25) is 9.78 Å². The van der Waals surface area contributed by atoms with Gasteiger partial charge in [-0.25, -0.2) is 15.0 Å². The monoisotopic (exact) mass is 655 g/mol. The Bertz CT molecular complexity index is 1990. The quantitative estimate of drug-likeness (QED) is 0.121. The van der Waals surface area contributed by atoms with Crippen LogP contribution in [0.2, 0.25) is 0 Å². The van der Waals surface area contributed by atoms with E-state index in [4.69, 9.17) is 9.47 Å². The summed E-state index contributed by atoms with van der Waals surface area (Å²) in [6, 6.07) is 33.4. The zero-order valence-electron chi connectivity index (χ0n) is 26.0. The van der Waals surface area contributed by atoms with Crippen LogP contribution in [0.25, 0.3) is 22.2 Å². The Kier molecular flexibility index (Phi) is 9.76. The first kappa shape index (κ1) is 31.6. The van der Waals surface area contributed by atoms with Crippen molar-refractivity contribution in [2.75, 3.05) is 5.75 Å². The molecule has 0 aliphatic carbocycles. The number of benzene rings is 4. The predicted octanol–water partition coefficient (Wildman–Crippen LogP) is 6.85. The molecule has 3 atom stereocenters. The fourth-order valence-electron chi connectivity index (χ4n) is 5.58. The lowest BCUT2D eigenvalue weighted by Gasteiger charge is -2.36. The molecule has 0 saturated carbocycles. The van der Waals surface area contributed by atoms with Crippen molar-refractivity contribution in [2.24, 2.45) is 0 Å². The standard InChI is InChI=1S/C38H33N5O4S/c44-23-25-9-11-28(12-10-25)35-20-31(24-48-38-39-17-4-18-40-38)46-37(47-35)29-15-13-27(14-16-29)30-6-3-5-26(19-30)21-42-36(45)34-22-41-32-7-1-2-8-33(32)43-34/h1-19,22,31,35,37,44H,20-21,23-24H2,(H,42,45). The second kappa shape index (κ2) is 14.8. The molecule has 48 heavy (non-hydrogen) atoms. The van der Waals surface area contributed by atoms with Crippen LogP contribution in [0.4, 0.5) is 0 Å². The molecule has 10 heteroatoms. The van der Waals surface area contributed by atoms with Gasteiger partial charge in [0.25, 0.3) is 5.91 Å². The first-order chi connectivity index (χ1) is 23.6. The number of hydrogen-bond donors (Lipinski definition) is 2. The van der Waals surface area contributed by atoms with Gasteiger partial charge in [-0.05, 0) is 52.1 Å². The number of rotatable bonds is 10. The van der Waals surface area contributed by atoms with Crippen molar-refractivity contribution in [1.29, 1.82) is 0 Å². The maximum atomic E-state index is 12.8. The van der Waals surface area contributed by atoms with Crippen LogP contribution in [0.5, 0.6) is 0 Å². The van der Waals surface area contributed by atoms with E-state index in [1.165, 1.54) is 6.20 Å². The molecule has 1 aliphatic heterocycles. The van der Waals surface area contributed by atoms with Gasteiger partial charge in [-0.15, -0.1) is 0 Å². The summed E-state index contributed by atoms with van der Waals surface area (Å²) in [5, 5.41) is 13.2. The molecule has 2 N–H and O–H groups in total. The number of nitrogens with zero attached hydrogens (tertiary/aromatic N) is 4. The number of amides is 1. The lowest BCUT2D eigenvalue weighted by Crippen LogP contribution is -2.31. The summed E-state index contributed by atoms with van der Waals surface area (Å²) in [6.45, 7) is 0.357. The van der Waals surface area contributed by atoms with E-state index in [1.807, 2.05) is 78.9 Å². The predicted molar refractivity (Wildman–Crippen MR) is 184 cm³/mol. The molecule has 0 radical (unpaired) electrons. The number of fused-ring (bicyclic) bond motifs is 1. The molecule has 1 amide bonds. The number of aromatic nitrogens is 4. The normalized spacial score (nSPS) is 17.6. The van der Waals surface area contributed by atoms with E-state index in [0.717, 1.165) is 38.9 Å². The molecule has 1 saturated heterocycles. The molecule has 2 aromatic heterocycles. The Balaban J connectivity index is 1.03. The number of thioether (sulfide) groups is 1. The summed E-state index contributed by atoms with van der Waals surface area (Å²) >= 11 is 1.56. The number of carbonyl (C=O) groups is 1. The Morgan fingerprint density at radius 1 is 0.792 bits per heavy atom. The summed E-state index contributed by atoms with van der Waals surface area (Å²) in [6.07, 6.45) is 4.84. The maximum absolute atomic E-state index is 12.8. The van der Waals surface area contributed by atoms with Crippen molar-refractivity contribution in [3.63, 3.8) is 0 Å². The van der Waals surface area contributed by atoms with Gasteiger partial charge in [-0.1, -0.05) is 90.6 Å². The zero-order chi connectivity index (χ0) is 32.7. The zero-order valence-corrected chi connectivity index (χ0v) is 26.8. The molecule has 3 unspecified atom stereocenters. The highest BCUT2D eigenvalue weighted by atomic mass is 32.2. The highest BCUT2D eigenvalue weighted by molar-refractivity contribution is 7.99. The van der Waals surface area contributed by atoms with Crippen LogP contribution in [-0.4, -0.2) is 42.8 Å². The van der Waals surface area contributed by atoms with Crippen molar-refractivity contribution in [3.8, 4) is 11.1 Å². The van der Waals surface area contributed by atoms with Crippen LogP contribution in [0.3, 0.4) is 0 Å². The lowest BCUT2D eigenvalue weighted by molar-refractivity contribution is -0.245. The van der Waals surface area contributed by atoms with Gasteiger partial charge in [-0.2, -0.15) is 0 Å². The van der Waals surface area contributed by atoms with Gasteiger partial charge < -0.3 is 19.9 Å². The molecule has 240 valence electrons. The first-order valence-corrected chi connectivity index (χ1v) is 16.7. The second-order valence-corrected chi connectivity index (χ2v) is 12.4. The Morgan fingerprint density at radius 3 is 2.35 bits per heavy atom. The molecule has 1 aliphatic rings. The van der Waals surface area contributed by atoms with Gasteiger partial charge in [0.05, 0.1) is 36.0 Å². The van der Waals surface area contributed by atoms with E-state index < -0.39 is 6.29 Å². The van der Waals surface area contributed by atoms with Gasteiger partial charge in [0.15, 0.2) is 11.4 Å². The van der Waals surface area contributed by atoms with Crippen LogP contribution < -0.4 is 5.32 Å². The van der Waals surface area contributed by atoms with Crippen molar-refractivity contribution >= 4 is 28.7 Å². The van der Waals surface area contributed by atoms with Gasteiger partial charge in [0.2, 0.25) is 0 Å². The summed E-state index contributed by atoms with van der Waals surface area (Å²) in [7, 11) is 0. The number of aliphatic hydroxyl groups is 1. The second-order valence-electron chi connectivity index (χ2n) is 11.4. The van der Waals surface area contributed by atoms with Crippen LogP contribution in [-0.2, 0) is 22.6 Å². The van der Waals surface area contributed by atoms with Gasteiger partial charge >= 0.3 is 0 Å². The van der Waals surface area contributed by atoms with Gasteiger partial charge in [0.1, 0.15) is 5.69 Å². The molecule has 9 nitrogen and oxygen atoms in total. The number of para-hydroxylation sites is 2. The van der Waals surface area contributed by atoms with E-state index in [9.17, 15) is 9.90 Å². The molecule has 6 aromatic rings. The number of aliphatic hydroxyl groups excluding tert-OH is 1. The molecule has 4 aromatic carbocycles. The number of carbonyl (C=O) groups excluding carboxylic acids is 1. The minimum absolute atomic E-state index is 0.00170. The first-order valence-electron chi connectivity index (χ1n) is 15.7. The maximum Gasteiger partial charge on any atom is 0.271 e. The minimum Gasteiger partial charge on any atom is -0.392 e. The Morgan fingerprint density at radius 2 is 1.56 bits per heavy atom. The third-order valence-corrected chi connectivity index (χ3v) is 9.14. The number of ether oxygens (including phenoxy) is 2. The van der Waals surface area contributed by atoms with Crippen LogP contribution in [0, 0.1) is 0 Å². The molecule has 3 heterocycles. The molecular weight excluding hydrogens is 623 g/mol. The van der Waals surface area contributed by atoms with E-state index in [0.29, 0.717) is 29.4 Å². The van der Waals surface area contributed by atoms with Crippen molar-refractivity contribution < 1.29 is 19.4 Å². The fourth-order valence-corrected chi connectivity index (χ4v) is 6.40. The summed E-state index contributed by atoms with van der Waals surface area (Å²) in [5.41, 5.74) is 7.57. The minimum atomic E-state index is -0.558. The van der Waals surface area contributed by atoms with Gasteiger partial charge in [0, 0.05) is 36.7 Å². The van der Waals surface area contributed by atoms with E-state index in [2.05, 4.69) is 43.5 Å². The summed E-state index contributed by atoms with van der Waals surface area (Å²) in [5.74, 6) is 0.412. The van der Waals surface area contributed by atoms with E-state index in [1.54, 1.807) is 30.2 Å². The molecule has 0 spiro atoms. The molecule has 1 fully saturated rings. The van der Waals surface area contributed by atoms with Crippen molar-refractivity contribution in [3.05, 3.63) is 150 Å². The Hall–Kier alpha value is -5.00. The van der Waals surface area contributed by atoms with Crippen LogP contribution in [0.1, 0.15) is 51.6 Å². The van der Waals surface area contributed by atoms with Crippen LogP contribution >= 0.6 is 11.8 Å². The SMILES string of the molecule is O=C(NCc1cccc(-c2ccc(C3OC(CSc4ncccn4)CC(c4ccc(CO)cc4)O3)cc2)c1)c1cnc2ccccc2n1. The fraction of sp³-hybridized carbons (Fsp3) is 0.184. The average Bonchev–Trinajstić information content (AvgIpc) is 3.16. The number of nitrogens with one attached hydrogen (secondary N) is 1. The molecular formula is C38H33N5O4S. The average molecular weight is 656 g/mol. The highest BCUT2D eigenvalue weighted by Gasteiger charge is 2.32. The molecule has 0 bridgehead atoms. The molecule has 7 rings (SSSR count). The smallest absolute Gasteiger partial charge is 0.271 e. The summed E-state index contributed by atoms with van der Waals surface area (Å²) < 4.78 is 13.0. The number of hydrogen-bond acceptors (Lipinski definition) is 9. The third-order valence-electron chi connectivity index (χ3n) is 8.13.